The Morgan fingerprint density at radius 3 is 2.70 bits per heavy atom. The standard InChI is InChI=1S/C14H24N4O2/c15-7-10-1-3-11(4-2-10)13(19)17-5-6-18-12(9-17)8-16-14(18)20/h10-12H,1-9,15H2,(H,16,20). The number of piperazine rings is 1. The van der Waals surface area contributed by atoms with Crippen molar-refractivity contribution in [3.05, 3.63) is 0 Å². The lowest BCUT2D eigenvalue weighted by Crippen LogP contribution is -2.55. The molecule has 3 aliphatic rings. The van der Waals surface area contributed by atoms with Crippen LogP contribution < -0.4 is 11.1 Å². The largest absolute Gasteiger partial charge is 0.339 e. The maximum absolute atomic E-state index is 12.6. The number of rotatable bonds is 2. The zero-order chi connectivity index (χ0) is 14.1. The molecular weight excluding hydrogens is 256 g/mol. The monoisotopic (exact) mass is 280 g/mol. The summed E-state index contributed by atoms with van der Waals surface area (Å²) < 4.78 is 0. The minimum Gasteiger partial charge on any atom is -0.339 e. The van der Waals surface area contributed by atoms with Gasteiger partial charge in [0.1, 0.15) is 0 Å². The van der Waals surface area contributed by atoms with Crippen molar-refractivity contribution in [3.63, 3.8) is 0 Å². The molecule has 0 bridgehead atoms. The number of carbonyl (C=O) groups is 2. The van der Waals surface area contributed by atoms with Crippen LogP contribution in [0.15, 0.2) is 0 Å². The topological polar surface area (TPSA) is 78.7 Å². The molecular formula is C14H24N4O2. The molecule has 1 saturated carbocycles. The van der Waals surface area contributed by atoms with E-state index in [2.05, 4.69) is 5.32 Å². The molecule has 0 aromatic rings. The molecule has 0 aromatic heterocycles. The Balaban J connectivity index is 1.55. The normalized spacial score (nSPS) is 33.9. The van der Waals surface area contributed by atoms with Gasteiger partial charge in [-0.15, -0.1) is 0 Å². The fraction of sp³-hybridized carbons (Fsp3) is 0.857. The molecule has 2 aliphatic heterocycles. The predicted octanol–water partition coefficient (Wildman–Crippen LogP) is -0.0125. The van der Waals surface area contributed by atoms with Gasteiger partial charge in [0.15, 0.2) is 0 Å². The van der Waals surface area contributed by atoms with Gasteiger partial charge < -0.3 is 20.9 Å². The average Bonchev–Trinajstić information content (AvgIpc) is 2.87. The highest BCUT2D eigenvalue weighted by atomic mass is 16.2. The fourth-order valence-electron chi connectivity index (χ4n) is 3.71. The minimum absolute atomic E-state index is 0.0190. The van der Waals surface area contributed by atoms with Crippen molar-refractivity contribution >= 4 is 11.9 Å². The number of fused-ring (bicyclic) bond motifs is 1. The maximum Gasteiger partial charge on any atom is 0.317 e. The summed E-state index contributed by atoms with van der Waals surface area (Å²) in [5.74, 6) is 1.07. The molecule has 1 unspecified atom stereocenters. The summed E-state index contributed by atoms with van der Waals surface area (Å²) in [6.45, 7) is 3.45. The second-order valence-corrected chi connectivity index (χ2v) is 6.27. The van der Waals surface area contributed by atoms with E-state index in [1.807, 2.05) is 9.80 Å². The van der Waals surface area contributed by atoms with Gasteiger partial charge in [-0.2, -0.15) is 0 Å². The van der Waals surface area contributed by atoms with E-state index in [1.54, 1.807) is 0 Å². The highest BCUT2D eigenvalue weighted by Gasteiger charge is 2.38. The predicted molar refractivity (Wildman–Crippen MR) is 75.0 cm³/mol. The Labute approximate surface area is 119 Å². The van der Waals surface area contributed by atoms with Gasteiger partial charge in [-0.1, -0.05) is 0 Å². The number of urea groups is 1. The molecule has 3 rings (SSSR count). The molecule has 0 aromatic carbocycles. The van der Waals surface area contributed by atoms with Crippen LogP contribution in [-0.2, 0) is 4.79 Å². The molecule has 2 saturated heterocycles. The summed E-state index contributed by atoms with van der Waals surface area (Å²) in [5, 5.41) is 2.85. The van der Waals surface area contributed by atoms with Crippen molar-refractivity contribution < 1.29 is 9.59 Å². The number of nitrogens with zero attached hydrogens (tertiary/aromatic N) is 2. The molecule has 3 amide bonds. The molecule has 1 aliphatic carbocycles. The zero-order valence-corrected chi connectivity index (χ0v) is 11.9. The first kappa shape index (κ1) is 13.7. The SMILES string of the molecule is NCC1CCC(C(=O)N2CCN3C(=O)NCC3C2)CC1. The van der Waals surface area contributed by atoms with Gasteiger partial charge in [0, 0.05) is 32.1 Å². The van der Waals surface area contributed by atoms with Gasteiger partial charge in [-0.3, -0.25) is 4.79 Å². The highest BCUT2D eigenvalue weighted by molar-refractivity contribution is 5.81. The Bertz CT molecular complexity index is 393. The van der Waals surface area contributed by atoms with Crippen LogP contribution in [0.5, 0.6) is 0 Å². The van der Waals surface area contributed by atoms with Gasteiger partial charge in [-0.25, -0.2) is 4.79 Å². The van der Waals surface area contributed by atoms with Crippen LogP contribution in [0.1, 0.15) is 25.7 Å². The van der Waals surface area contributed by atoms with Crippen LogP contribution in [0.4, 0.5) is 4.79 Å². The fourth-order valence-corrected chi connectivity index (χ4v) is 3.71. The first-order valence-corrected chi connectivity index (χ1v) is 7.72. The number of nitrogens with one attached hydrogen (secondary N) is 1. The van der Waals surface area contributed by atoms with Crippen LogP contribution in [0.3, 0.4) is 0 Å². The second kappa shape index (κ2) is 5.60. The van der Waals surface area contributed by atoms with E-state index in [0.717, 1.165) is 32.2 Å². The van der Waals surface area contributed by atoms with Gasteiger partial charge in [0.05, 0.1) is 6.04 Å². The lowest BCUT2D eigenvalue weighted by atomic mass is 9.81. The van der Waals surface area contributed by atoms with Crippen LogP contribution >= 0.6 is 0 Å². The van der Waals surface area contributed by atoms with Gasteiger partial charge >= 0.3 is 6.03 Å². The van der Waals surface area contributed by atoms with Crippen molar-refractivity contribution in [1.82, 2.24) is 15.1 Å². The van der Waals surface area contributed by atoms with E-state index in [-0.39, 0.29) is 18.0 Å². The lowest BCUT2D eigenvalue weighted by Gasteiger charge is -2.39. The van der Waals surface area contributed by atoms with Crippen LogP contribution in [0.2, 0.25) is 0 Å². The van der Waals surface area contributed by atoms with Gasteiger partial charge in [-0.05, 0) is 38.1 Å². The zero-order valence-electron chi connectivity index (χ0n) is 11.9. The molecule has 1 atom stereocenters. The van der Waals surface area contributed by atoms with E-state index in [9.17, 15) is 9.59 Å². The van der Waals surface area contributed by atoms with Crippen molar-refractivity contribution in [2.75, 3.05) is 32.7 Å². The molecule has 20 heavy (non-hydrogen) atoms. The molecule has 112 valence electrons. The van der Waals surface area contributed by atoms with Crippen LogP contribution in [-0.4, -0.2) is 60.5 Å². The Morgan fingerprint density at radius 1 is 1.25 bits per heavy atom. The summed E-state index contributed by atoms with van der Waals surface area (Å²) in [6.07, 6.45) is 4.11. The van der Waals surface area contributed by atoms with Crippen molar-refractivity contribution in [1.29, 1.82) is 0 Å². The number of hydrogen-bond acceptors (Lipinski definition) is 3. The van der Waals surface area contributed by atoms with E-state index < -0.39 is 0 Å². The Hall–Kier alpha value is -1.30. The number of carbonyl (C=O) groups excluding carboxylic acids is 2. The quantitative estimate of drug-likeness (QED) is 0.746. The van der Waals surface area contributed by atoms with Crippen molar-refractivity contribution in [3.8, 4) is 0 Å². The number of hydrogen-bond donors (Lipinski definition) is 2. The molecule has 3 fully saturated rings. The maximum atomic E-state index is 12.6. The van der Waals surface area contributed by atoms with E-state index >= 15 is 0 Å². The van der Waals surface area contributed by atoms with E-state index in [1.165, 1.54) is 0 Å². The summed E-state index contributed by atoms with van der Waals surface area (Å²) >= 11 is 0. The Morgan fingerprint density at radius 2 is 2.00 bits per heavy atom. The third kappa shape index (κ3) is 2.49. The molecule has 6 heteroatoms. The molecule has 2 heterocycles. The minimum atomic E-state index is 0.0190. The second-order valence-electron chi connectivity index (χ2n) is 6.27. The summed E-state index contributed by atoms with van der Waals surface area (Å²) in [7, 11) is 0. The molecule has 6 nitrogen and oxygen atoms in total. The summed E-state index contributed by atoms with van der Waals surface area (Å²) in [6, 6.07) is 0.186. The molecule has 0 spiro atoms. The molecule has 3 N–H and O–H groups in total. The third-order valence-corrected chi connectivity index (χ3v) is 5.07. The van der Waals surface area contributed by atoms with Crippen molar-refractivity contribution in [2.24, 2.45) is 17.6 Å². The van der Waals surface area contributed by atoms with Crippen molar-refractivity contribution in [2.45, 2.75) is 31.7 Å². The smallest absolute Gasteiger partial charge is 0.317 e. The first-order valence-electron chi connectivity index (χ1n) is 7.72. The number of amides is 3. The van der Waals surface area contributed by atoms with E-state index in [4.69, 9.17) is 5.73 Å². The van der Waals surface area contributed by atoms with Crippen LogP contribution in [0, 0.1) is 11.8 Å². The lowest BCUT2D eigenvalue weighted by molar-refractivity contribution is -0.139. The summed E-state index contributed by atoms with van der Waals surface area (Å²) in [5.41, 5.74) is 5.70. The molecule has 0 radical (unpaired) electrons. The Kier molecular flexibility index (Phi) is 3.83. The third-order valence-electron chi connectivity index (χ3n) is 5.07. The number of nitrogens with two attached hydrogens (primary N) is 1. The average molecular weight is 280 g/mol. The van der Waals surface area contributed by atoms with E-state index in [0.29, 0.717) is 38.0 Å². The highest BCUT2D eigenvalue weighted by Crippen LogP contribution is 2.30. The first-order chi connectivity index (χ1) is 9.69. The van der Waals surface area contributed by atoms with Gasteiger partial charge in [0.2, 0.25) is 5.91 Å². The van der Waals surface area contributed by atoms with Gasteiger partial charge in [0.25, 0.3) is 0 Å². The van der Waals surface area contributed by atoms with Crippen LogP contribution in [0.25, 0.3) is 0 Å². The summed E-state index contributed by atoms with van der Waals surface area (Å²) in [4.78, 5) is 28.0.